The molecular formula is C12H20N2O3. The van der Waals surface area contributed by atoms with Gasteiger partial charge in [-0.1, -0.05) is 25.9 Å². The van der Waals surface area contributed by atoms with Gasteiger partial charge in [-0.3, -0.25) is 0 Å². The van der Waals surface area contributed by atoms with Crippen LogP contribution in [-0.4, -0.2) is 23.0 Å². The molecule has 96 valence electrons. The van der Waals surface area contributed by atoms with E-state index >= 15 is 0 Å². The lowest BCUT2D eigenvalue weighted by Crippen LogP contribution is -2.21. The molecule has 5 nitrogen and oxygen atoms in total. The Morgan fingerprint density at radius 3 is 2.59 bits per heavy atom. The van der Waals surface area contributed by atoms with Gasteiger partial charge in [0.05, 0.1) is 0 Å². The molecule has 1 atom stereocenters. The van der Waals surface area contributed by atoms with Gasteiger partial charge in [-0.05, 0) is 12.3 Å². The zero-order chi connectivity index (χ0) is 13.1. The van der Waals surface area contributed by atoms with Crippen LogP contribution in [0.1, 0.15) is 51.9 Å². The van der Waals surface area contributed by atoms with E-state index < -0.39 is 0 Å². The highest BCUT2D eigenvalue weighted by molar-refractivity contribution is 5.75. The molecule has 0 bridgehead atoms. The van der Waals surface area contributed by atoms with E-state index in [4.69, 9.17) is 9.26 Å². The number of methoxy groups -OCH3 is 1. The van der Waals surface area contributed by atoms with Gasteiger partial charge in [-0.25, -0.2) is 0 Å². The average Bonchev–Trinajstić information content (AvgIpc) is 2.62. The molecule has 1 aromatic heterocycles. The van der Waals surface area contributed by atoms with Gasteiger partial charge in [0.25, 0.3) is 0 Å². The number of hydrogen-bond acceptors (Lipinski definition) is 5. The molecule has 17 heavy (non-hydrogen) atoms. The summed E-state index contributed by atoms with van der Waals surface area (Å²) in [7, 11) is 1.63. The standard InChI is InChI=1S/C12H20N2O3/c1-8(15)6-7-9-13-11(14-17-9)10(16-5)12(2,3)4/h10H,6-7H2,1-5H3. The van der Waals surface area contributed by atoms with E-state index in [0.717, 1.165) is 0 Å². The summed E-state index contributed by atoms with van der Waals surface area (Å²) in [4.78, 5) is 15.1. The molecule has 1 rings (SSSR count). The number of hydrogen-bond donors (Lipinski definition) is 0. The summed E-state index contributed by atoms with van der Waals surface area (Å²) in [6.07, 6.45) is 0.704. The number of rotatable bonds is 5. The molecule has 0 aromatic carbocycles. The van der Waals surface area contributed by atoms with Gasteiger partial charge in [0.2, 0.25) is 11.7 Å². The quantitative estimate of drug-likeness (QED) is 0.790. The SMILES string of the molecule is COC(c1noc(CCC(C)=O)n1)C(C)(C)C. The number of aromatic nitrogens is 2. The van der Waals surface area contributed by atoms with Crippen LogP contribution in [0.5, 0.6) is 0 Å². The largest absolute Gasteiger partial charge is 0.373 e. The van der Waals surface area contributed by atoms with Gasteiger partial charge in [0.15, 0.2) is 0 Å². The Labute approximate surface area is 102 Å². The summed E-state index contributed by atoms with van der Waals surface area (Å²) < 4.78 is 10.5. The summed E-state index contributed by atoms with van der Waals surface area (Å²) >= 11 is 0. The van der Waals surface area contributed by atoms with Crippen LogP contribution in [0.25, 0.3) is 0 Å². The van der Waals surface area contributed by atoms with E-state index in [0.29, 0.717) is 24.6 Å². The lowest BCUT2D eigenvalue weighted by Gasteiger charge is -2.26. The van der Waals surface area contributed by atoms with Crippen molar-refractivity contribution in [2.75, 3.05) is 7.11 Å². The lowest BCUT2D eigenvalue weighted by atomic mass is 9.88. The van der Waals surface area contributed by atoms with Gasteiger partial charge in [0, 0.05) is 20.0 Å². The fourth-order valence-electron chi connectivity index (χ4n) is 1.61. The molecule has 0 radical (unpaired) electrons. The second-order valence-electron chi connectivity index (χ2n) is 5.23. The van der Waals surface area contributed by atoms with E-state index in [-0.39, 0.29) is 17.3 Å². The maximum atomic E-state index is 10.9. The van der Waals surface area contributed by atoms with Crippen LogP contribution >= 0.6 is 0 Å². The Bertz CT molecular complexity index is 379. The van der Waals surface area contributed by atoms with Gasteiger partial charge in [-0.2, -0.15) is 4.98 Å². The molecule has 1 aromatic rings. The first kappa shape index (κ1) is 13.8. The highest BCUT2D eigenvalue weighted by Crippen LogP contribution is 2.33. The van der Waals surface area contributed by atoms with Gasteiger partial charge in [-0.15, -0.1) is 0 Å². The van der Waals surface area contributed by atoms with Crippen molar-refractivity contribution >= 4 is 5.78 Å². The fourth-order valence-corrected chi connectivity index (χ4v) is 1.61. The van der Waals surface area contributed by atoms with Crippen LogP contribution in [0, 0.1) is 5.41 Å². The van der Waals surface area contributed by atoms with Crippen molar-refractivity contribution < 1.29 is 14.1 Å². The van der Waals surface area contributed by atoms with Crippen LogP contribution in [0.4, 0.5) is 0 Å². The highest BCUT2D eigenvalue weighted by Gasteiger charge is 2.30. The van der Waals surface area contributed by atoms with Crippen molar-refractivity contribution in [1.29, 1.82) is 0 Å². The minimum atomic E-state index is -0.211. The van der Waals surface area contributed by atoms with E-state index in [1.807, 2.05) is 20.8 Å². The van der Waals surface area contributed by atoms with Gasteiger partial charge < -0.3 is 14.1 Å². The van der Waals surface area contributed by atoms with Crippen molar-refractivity contribution in [2.24, 2.45) is 5.41 Å². The molecule has 0 aliphatic heterocycles. The van der Waals surface area contributed by atoms with Crippen LogP contribution in [0.3, 0.4) is 0 Å². The number of carbonyl (C=O) groups excluding carboxylic acids is 1. The number of Topliss-reactive ketones (excluding diaryl/α,β-unsaturated/α-hetero) is 1. The lowest BCUT2D eigenvalue weighted by molar-refractivity contribution is -0.117. The monoisotopic (exact) mass is 240 g/mol. The van der Waals surface area contributed by atoms with Crippen molar-refractivity contribution in [3.63, 3.8) is 0 Å². The van der Waals surface area contributed by atoms with Crippen LogP contribution in [0.15, 0.2) is 4.52 Å². The summed E-state index contributed by atoms with van der Waals surface area (Å²) in [6, 6.07) is 0. The zero-order valence-electron chi connectivity index (χ0n) is 11.1. The van der Waals surface area contributed by atoms with Crippen LogP contribution < -0.4 is 0 Å². The van der Waals surface area contributed by atoms with Crippen molar-refractivity contribution in [3.05, 3.63) is 11.7 Å². The first-order valence-corrected chi connectivity index (χ1v) is 5.69. The molecule has 0 spiro atoms. The minimum Gasteiger partial charge on any atom is -0.373 e. The van der Waals surface area contributed by atoms with Gasteiger partial charge in [0.1, 0.15) is 11.9 Å². The zero-order valence-corrected chi connectivity index (χ0v) is 11.1. The number of aryl methyl sites for hydroxylation is 1. The molecule has 0 fully saturated rings. The summed E-state index contributed by atoms with van der Waals surface area (Å²) in [5.41, 5.74) is -0.101. The Hall–Kier alpha value is -1.23. The predicted octanol–water partition coefficient (Wildman–Crippen LogP) is 2.32. The Kier molecular flexibility index (Phi) is 4.40. The molecule has 0 aliphatic carbocycles. The predicted molar refractivity (Wildman–Crippen MR) is 62.5 cm³/mol. The maximum Gasteiger partial charge on any atom is 0.227 e. The minimum absolute atomic E-state index is 0.101. The fraction of sp³-hybridized carbons (Fsp3) is 0.750. The molecule has 1 heterocycles. The molecule has 0 saturated carbocycles. The second-order valence-corrected chi connectivity index (χ2v) is 5.23. The normalized spacial score (nSPS) is 13.7. The summed E-state index contributed by atoms with van der Waals surface area (Å²) in [5.74, 6) is 1.14. The summed E-state index contributed by atoms with van der Waals surface area (Å²) in [6.45, 7) is 7.69. The van der Waals surface area contributed by atoms with Crippen molar-refractivity contribution in [2.45, 2.75) is 46.6 Å². The summed E-state index contributed by atoms with van der Waals surface area (Å²) in [5, 5.41) is 3.91. The topological polar surface area (TPSA) is 65.2 Å². The molecule has 0 saturated heterocycles. The first-order valence-electron chi connectivity index (χ1n) is 5.69. The molecular weight excluding hydrogens is 220 g/mol. The second kappa shape index (κ2) is 5.40. The smallest absolute Gasteiger partial charge is 0.227 e. The number of nitrogens with zero attached hydrogens (tertiary/aromatic N) is 2. The average molecular weight is 240 g/mol. The van der Waals surface area contributed by atoms with Crippen molar-refractivity contribution in [3.8, 4) is 0 Å². The van der Waals surface area contributed by atoms with Crippen LogP contribution in [0.2, 0.25) is 0 Å². The van der Waals surface area contributed by atoms with E-state index in [2.05, 4.69) is 10.1 Å². The van der Waals surface area contributed by atoms with E-state index in [1.54, 1.807) is 14.0 Å². The Balaban J connectivity index is 2.75. The molecule has 1 unspecified atom stereocenters. The molecule has 0 N–H and O–H groups in total. The third-order valence-corrected chi connectivity index (χ3v) is 2.43. The Morgan fingerprint density at radius 2 is 2.12 bits per heavy atom. The number of ketones is 1. The number of ether oxygens (including phenoxy) is 1. The van der Waals surface area contributed by atoms with Crippen LogP contribution in [-0.2, 0) is 16.0 Å². The maximum absolute atomic E-state index is 10.9. The first-order chi connectivity index (χ1) is 7.84. The molecule has 0 aliphatic rings. The van der Waals surface area contributed by atoms with Crippen molar-refractivity contribution in [1.82, 2.24) is 10.1 Å². The van der Waals surface area contributed by atoms with E-state index in [9.17, 15) is 4.79 Å². The Morgan fingerprint density at radius 1 is 1.47 bits per heavy atom. The molecule has 5 heteroatoms. The highest BCUT2D eigenvalue weighted by atomic mass is 16.5. The van der Waals surface area contributed by atoms with Gasteiger partial charge >= 0.3 is 0 Å². The third-order valence-electron chi connectivity index (χ3n) is 2.43. The number of carbonyl (C=O) groups is 1. The third kappa shape index (κ3) is 3.93. The molecule has 0 amide bonds. The van der Waals surface area contributed by atoms with E-state index in [1.165, 1.54) is 0 Å².